The van der Waals surface area contributed by atoms with Gasteiger partial charge in [-0.2, -0.15) is 5.26 Å². The maximum atomic E-state index is 12.5. The van der Waals surface area contributed by atoms with Gasteiger partial charge in [-0.3, -0.25) is 4.79 Å². The number of aryl methyl sites for hydroxylation is 1. The summed E-state index contributed by atoms with van der Waals surface area (Å²) >= 11 is 0. The van der Waals surface area contributed by atoms with Crippen molar-refractivity contribution in [2.24, 2.45) is 0 Å². The lowest BCUT2D eigenvalue weighted by atomic mass is 10.0. The molecule has 2 rings (SSSR count). The number of hydrogen-bond acceptors (Lipinski definition) is 4. The second-order valence-corrected chi connectivity index (χ2v) is 5.59. The Morgan fingerprint density at radius 1 is 1.27 bits per heavy atom. The lowest BCUT2D eigenvalue weighted by Gasteiger charge is -2.15. The van der Waals surface area contributed by atoms with Crippen molar-refractivity contribution in [3.05, 3.63) is 52.4 Å². The lowest BCUT2D eigenvalue weighted by Crippen LogP contribution is -2.27. The number of nitriles is 1. The van der Waals surface area contributed by atoms with Crippen molar-refractivity contribution < 1.29 is 9.32 Å². The van der Waals surface area contributed by atoms with Gasteiger partial charge in [-0.1, -0.05) is 31.1 Å². The fourth-order valence-electron chi connectivity index (χ4n) is 2.26. The number of nitrogens with zero attached hydrogens (tertiary/aromatic N) is 2. The number of hydrogen-bond donors (Lipinski definition) is 1. The van der Waals surface area contributed by atoms with Crippen LogP contribution in [-0.2, 0) is 0 Å². The molecule has 0 saturated heterocycles. The highest BCUT2D eigenvalue weighted by atomic mass is 16.5. The Morgan fingerprint density at radius 2 is 1.91 bits per heavy atom. The van der Waals surface area contributed by atoms with Gasteiger partial charge in [0.25, 0.3) is 5.91 Å². The fourth-order valence-corrected chi connectivity index (χ4v) is 2.26. The van der Waals surface area contributed by atoms with E-state index in [1.807, 2.05) is 32.9 Å². The third-order valence-corrected chi connectivity index (χ3v) is 3.53. The number of aromatic nitrogens is 1. The van der Waals surface area contributed by atoms with E-state index >= 15 is 0 Å². The summed E-state index contributed by atoms with van der Waals surface area (Å²) in [5.41, 5.74) is 2.63. The number of benzene rings is 1. The van der Waals surface area contributed by atoms with Crippen LogP contribution < -0.4 is 5.32 Å². The van der Waals surface area contributed by atoms with Crippen molar-refractivity contribution in [3.63, 3.8) is 0 Å². The van der Waals surface area contributed by atoms with Gasteiger partial charge < -0.3 is 9.84 Å². The number of carbonyl (C=O) groups is 1. The second kappa shape index (κ2) is 6.44. The summed E-state index contributed by atoms with van der Waals surface area (Å²) < 4.78 is 5.25. The molecule has 22 heavy (non-hydrogen) atoms. The van der Waals surface area contributed by atoms with E-state index in [2.05, 4.69) is 16.5 Å². The summed E-state index contributed by atoms with van der Waals surface area (Å²) in [5.74, 6) is 0.494. The number of nitrogens with one attached hydrogen (secondary N) is 1. The molecule has 0 bridgehead atoms. The average molecular weight is 297 g/mol. The van der Waals surface area contributed by atoms with Gasteiger partial charge in [0.15, 0.2) is 5.76 Å². The molecule has 0 aliphatic carbocycles. The Balaban J connectivity index is 2.18. The van der Waals surface area contributed by atoms with E-state index in [4.69, 9.17) is 9.78 Å². The number of rotatable bonds is 4. The first-order chi connectivity index (χ1) is 10.4. The van der Waals surface area contributed by atoms with E-state index in [1.54, 1.807) is 19.1 Å². The van der Waals surface area contributed by atoms with Gasteiger partial charge in [-0.15, -0.1) is 0 Å². The van der Waals surface area contributed by atoms with Crippen LogP contribution in [0.25, 0.3) is 0 Å². The highest BCUT2D eigenvalue weighted by Crippen LogP contribution is 2.23. The Kier molecular flexibility index (Phi) is 4.62. The van der Waals surface area contributed by atoms with Gasteiger partial charge in [0, 0.05) is 5.92 Å². The molecule has 1 N–H and O–H groups in total. The van der Waals surface area contributed by atoms with Crippen molar-refractivity contribution in [1.29, 1.82) is 5.26 Å². The Bertz CT molecular complexity index is 708. The minimum atomic E-state index is -0.195. The molecule has 0 radical (unpaired) electrons. The second-order valence-electron chi connectivity index (χ2n) is 5.59. The topological polar surface area (TPSA) is 78.9 Å². The van der Waals surface area contributed by atoms with Gasteiger partial charge in [0.05, 0.1) is 23.4 Å². The minimum Gasteiger partial charge on any atom is -0.360 e. The van der Waals surface area contributed by atoms with E-state index in [-0.39, 0.29) is 17.9 Å². The molecule has 5 nitrogen and oxygen atoms in total. The van der Waals surface area contributed by atoms with Crippen LogP contribution in [0.2, 0.25) is 0 Å². The molecule has 1 aromatic carbocycles. The highest BCUT2D eigenvalue weighted by molar-refractivity contribution is 5.96. The first-order valence-corrected chi connectivity index (χ1v) is 7.21. The van der Waals surface area contributed by atoms with Crippen LogP contribution in [0.4, 0.5) is 0 Å². The zero-order valence-electron chi connectivity index (χ0n) is 13.2. The molecule has 5 heteroatoms. The van der Waals surface area contributed by atoms with Gasteiger partial charge in [0.1, 0.15) is 5.56 Å². The summed E-state index contributed by atoms with van der Waals surface area (Å²) in [6, 6.07) is 9.06. The largest absolute Gasteiger partial charge is 0.360 e. The molecule has 0 aliphatic rings. The van der Waals surface area contributed by atoms with Gasteiger partial charge in [-0.25, -0.2) is 0 Å². The summed E-state index contributed by atoms with van der Waals surface area (Å²) in [6.45, 7) is 7.58. The maximum absolute atomic E-state index is 12.5. The zero-order valence-corrected chi connectivity index (χ0v) is 13.2. The first kappa shape index (κ1) is 15.8. The molecule has 2 aromatic rings. The van der Waals surface area contributed by atoms with Crippen LogP contribution in [0.5, 0.6) is 0 Å². The average Bonchev–Trinajstić information content (AvgIpc) is 2.89. The van der Waals surface area contributed by atoms with Gasteiger partial charge in [0.2, 0.25) is 0 Å². The molecule has 0 spiro atoms. The SMILES string of the molecule is Cc1noc(C(C)C)c1C(=O)N[C@@H](C)c1ccc(C#N)cc1. The fraction of sp³-hybridized carbons (Fsp3) is 0.353. The Hall–Kier alpha value is -2.61. The quantitative estimate of drug-likeness (QED) is 0.937. The molecule has 1 aromatic heterocycles. The van der Waals surface area contributed by atoms with Crippen molar-refractivity contribution in [2.75, 3.05) is 0 Å². The molecule has 114 valence electrons. The normalized spacial score (nSPS) is 12.0. The summed E-state index contributed by atoms with van der Waals surface area (Å²) in [6.07, 6.45) is 0. The van der Waals surface area contributed by atoms with Gasteiger partial charge >= 0.3 is 0 Å². The van der Waals surface area contributed by atoms with Crippen molar-refractivity contribution in [1.82, 2.24) is 10.5 Å². The first-order valence-electron chi connectivity index (χ1n) is 7.21. The van der Waals surface area contributed by atoms with Crippen LogP contribution in [0, 0.1) is 18.3 Å². The van der Waals surface area contributed by atoms with Crippen LogP contribution in [0.1, 0.15) is 65.7 Å². The van der Waals surface area contributed by atoms with E-state index in [9.17, 15) is 4.79 Å². The maximum Gasteiger partial charge on any atom is 0.257 e. The molecule has 0 saturated carbocycles. The van der Waals surface area contributed by atoms with Gasteiger partial charge in [-0.05, 0) is 31.5 Å². The van der Waals surface area contributed by atoms with Crippen LogP contribution in [0.15, 0.2) is 28.8 Å². The molecule has 0 fully saturated rings. The highest BCUT2D eigenvalue weighted by Gasteiger charge is 2.23. The van der Waals surface area contributed by atoms with E-state index < -0.39 is 0 Å². The third-order valence-electron chi connectivity index (χ3n) is 3.53. The van der Waals surface area contributed by atoms with Crippen molar-refractivity contribution in [2.45, 2.75) is 39.7 Å². The van der Waals surface area contributed by atoms with Crippen LogP contribution >= 0.6 is 0 Å². The molecule has 1 heterocycles. The molecular formula is C17H19N3O2. The predicted molar refractivity (Wildman–Crippen MR) is 82.4 cm³/mol. The third kappa shape index (κ3) is 3.17. The predicted octanol–water partition coefficient (Wildman–Crippen LogP) is 3.47. The molecule has 0 aliphatic heterocycles. The van der Waals surface area contributed by atoms with E-state index in [0.29, 0.717) is 22.6 Å². The number of carbonyl (C=O) groups excluding carboxylic acids is 1. The summed E-state index contributed by atoms with van der Waals surface area (Å²) in [4.78, 5) is 12.5. The van der Waals surface area contributed by atoms with E-state index in [0.717, 1.165) is 5.56 Å². The zero-order chi connectivity index (χ0) is 16.3. The van der Waals surface area contributed by atoms with Crippen LogP contribution in [-0.4, -0.2) is 11.1 Å². The van der Waals surface area contributed by atoms with Crippen molar-refractivity contribution in [3.8, 4) is 6.07 Å². The number of amides is 1. The molecular weight excluding hydrogens is 278 g/mol. The summed E-state index contributed by atoms with van der Waals surface area (Å²) in [5, 5.41) is 15.7. The van der Waals surface area contributed by atoms with E-state index in [1.165, 1.54) is 0 Å². The Labute approximate surface area is 129 Å². The molecule has 0 unspecified atom stereocenters. The Morgan fingerprint density at radius 3 is 2.45 bits per heavy atom. The summed E-state index contributed by atoms with van der Waals surface area (Å²) in [7, 11) is 0. The van der Waals surface area contributed by atoms with Crippen molar-refractivity contribution >= 4 is 5.91 Å². The standard InChI is InChI=1S/C17H19N3O2/c1-10(2)16-15(12(4)20-22-16)17(21)19-11(3)14-7-5-13(9-18)6-8-14/h5-8,10-11H,1-4H3,(H,19,21)/t11-/m0/s1. The van der Waals surface area contributed by atoms with Crippen LogP contribution in [0.3, 0.4) is 0 Å². The molecule has 1 atom stereocenters. The lowest BCUT2D eigenvalue weighted by molar-refractivity contribution is 0.0937. The monoisotopic (exact) mass is 297 g/mol. The molecule has 1 amide bonds. The smallest absolute Gasteiger partial charge is 0.257 e. The minimum absolute atomic E-state index is 0.0900.